The highest BCUT2D eigenvalue weighted by Crippen LogP contribution is 2.35. The van der Waals surface area contributed by atoms with Gasteiger partial charge in [-0.1, -0.05) is 73.5 Å². The molecule has 2 aromatic carbocycles. The number of aromatic nitrogens is 3. The lowest BCUT2D eigenvalue weighted by atomic mass is 10.0. The van der Waals surface area contributed by atoms with Crippen molar-refractivity contribution in [3.05, 3.63) is 76.3 Å². The topological polar surface area (TPSA) is 71.8 Å². The number of amides is 1. The Morgan fingerprint density at radius 3 is 2.63 bits per heavy atom. The zero-order chi connectivity index (χ0) is 21.3. The number of hydrogen-bond acceptors (Lipinski definition) is 4. The van der Waals surface area contributed by atoms with Gasteiger partial charge >= 0.3 is 0 Å². The number of aryl methyl sites for hydroxylation is 1. The number of carbonyl (C=O) groups is 1. The summed E-state index contributed by atoms with van der Waals surface area (Å²) in [6, 6.07) is 15.7. The largest absolute Gasteiger partial charge is 0.324 e. The summed E-state index contributed by atoms with van der Waals surface area (Å²) < 4.78 is 1.75. The Hall–Kier alpha value is -3.12. The highest BCUT2D eigenvalue weighted by molar-refractivity contribution is 6.31. The number of hydrogen-bond donors (Lipinski definition) is 2. The molecule has 1 aliphatic rings. The van der Waals surface area contributed by atoms with Gasteiger partial charge in [-0.3, -0.25) is 10.1 Å². The van der Waals surface area contributed by atoms with Gasteiger partial charge in [-0.25, -0.2) is 4.68 Å². The number of allylic oxidation sites excluding steroid dienone is 1. The first-order valence-electron chi connectivity index (χ1n) is 9.97. The zero-order valence-corrected chi connectivity index (χ0v) is 17.9. The molecular weight excluding hydrogens is 398 g/mol. The van der Waals surface area contributed by atoms with Gasteiger partial charge < -0.3 is 5.32 Å². The van der Waals surface area contributed by atoms with Crippen molar-refractivity contribution in [1.82, 2.24) is 14.8 Å². The van der Waals surface area contributed by atoms with Crippen molar-refractivity contribution in [1.29, 1.82) is 0 Å². The van der Waals surface area contributed by atoms with Crippen molar-refractivity contribution in [3.63, 3.8) is 0 Å². The number of anilines is 2. The number of fused-ring (bicyclic) bond motifs is 1. The maximum atomic E-state index is 12.2. The molecule has 154 valence electrons. The van der Waals surface area contributed by atoms with E-state index in [4.69, 9.17) is 11.6 Å². The highest BCUT2D eigenvalue weighted by atomic mass is 35.5. The third kappa shape index (κ3) is 4.24. The predicted molar refractivity (Wildman–Crippen MR) is 120 cm³/mol. The maximum absolute atomic E-state index is 12.2. The Balaban J connectivity index is 1.73. The van der Waals surface area contributed by atoms with Crippen LogP contribution in [0.15, 0.2) is 54.6 Å². The molecule has 2 N–H and O–H groups in total. The molecule has 0 saturated carbocycles. The number of carbonyl (C=O) groups excluding carboxylic acids is 1. The molecule has 0 radical (unpaired) electrons. The molecule has 7 heteroatoms. The normalized spacial score (nSPS) is 15.4. The van der Waals surface area contributed by atoms with E-state index in [-0.39, 0.29) is 23.8 Å². The molecule has 1 aliphatic heterocycles. The van der Waals surface area contributed by atoms with Crippen molar-refractivity contribution >= 4 is 35.1 Å². The molecule has 0 saturated heterocycles. The van der Waals surface area contributed by atoms with Crippen molar-refractivity contribution < 1.29 is 4.79 Å². The summed E-state index contributed by atoms with van der Waals surface area (Å²) in [5, 5.41) is 11.3. The summed E-state index contributed by atoms with van der Waals surface area (Å²) in [4.78, 5) is 16.7. The van der Waals surface area contributed by atoms with Crippen LogP contribution in [0.1, 0.15) is 43.0 Å². The fourth-order valence-corrected chi connectivity index (χ4v) is 3.68. The van der Waals surface area contributed by atoms with Gasteiger partial charge in [0.05, 0.1) is 0 Å². The lowest BCUT2D eigenvalue weighted by Gasteiger charge is -2.25. The number of benzene rings is 2. The standard InChI is InChI=1S/C23H24ClN5O/c1-14(2)12-21(30)26-22-27-23-25-19(16-10-8-15(3)9-11-16)13-20(29(23)28-22)17-6-4-5-7-18(17)24/h4-11,13-14,20H,12H2,1-3H3,(H2,25,26,27,28,30). The van der Waals surface area contributed by atoms with Gasteiger partial charge in [-0.05, 0) is 36.1 Å². The van der Waals surface area contributed by atoms with Crippen LogP contribution < -0.4 is 10.6 Å². The monoisotopic (exact) mass is 421 g/mol. The first kappa shape index (κ1) is 20.2. The van der Waals surface area contributed by atoms with Gasteiger partial charge in [0, 0.05) is 17.1 Å². The Morgan fingerprint density at radius 1 is 1.20 bits per heavy atom. The summed E-state index contributed by atoms with van der Waals surface area (Å²) in [7, 11) is 0. The van der Waals surface area contributed by atoms with Gasteiger partial charge in [0.1, 0.15) is 6.04 Å². The molecule has 1 aromatic heterocycles. The quantitative estimate of drug-likeness (QED) is 0.587. The van der Waals surface area contributed by atoms with Gasteiger partial charge in [0.2, 0.25) is 11.9 Å². The minimum absolute atomic E-state index is 0.103. The summed E-state index contributed by atoms with van der Waals surface area (Å²) in [5.74, 6) is 0.983. The molecule has 6 nitrogen and oxygen atoms in total. The minimum Gasteiger partial charge on any atom is -0.324 e. The summed E-state index contributed by atoms with van der Waals surface area (Å²) in [6.45, 7) is 6.05. The number of nitrogens with one attached hydrogen (secondary N) is 2. The average molecular weight is 422 g/mol. The molecule has 1 amide bonds. The molecular formula is C23H24ClN5O. The molecule has 3 aromatic rings. The third-order valence-electron chi connectivity index (χ3n) is 4.90. The molecule has 4 rings (SSSR count). The van der Waals surface area contributed by atoms with Crippen molar-refractivity contribution in [2.24, 2.45) is 5.92 Å². The third-order valence-corrected chi connectivity index (χ3v) is 5.24. The average Bonchev–Trinajstić information content (AvgIpc) is 3.09. The van der Waals surface area contributed by atoms with Crippen molar-refractivity contribution in [2.75, 3.05) is 10.6 Å². The molecule has 1 atom stereocenters. The van der Waals surface area contributed by atoms with Crippen LogP contribution in [0.4, 0.5) is 11.9 Å². The van der Waals surface area contributed by atoms with E-state index in [1.54, 1.807) is 4.68 Å². The minimum atomic E-state index is -0.255. The summed E-state index contributed by atoms with van der Waals surface area (Å²) >= 11 is 6.51. The Kier molecular flexibility index (Phi) is 5.59. The van der Waals surface area contributed by atoms with Crippen LogP contribution in [0.25, 0.3) is 5.70 Å². The first-order chi connectivity index (χ1) is 14.4. The molecule has 0 fully saturated rings. The van der Waals surface area contributed by atoms with E-state index >= 15 is 0 Å². The van der Waals surface area contributed by atoms with E-state index in [0.717, 1.165) is 16.8 Å². The van der Waals surface area contributed by atoms with Crippen LogP contribution in [0.5, 0.6) is 0 Å². The highest BCUT2D eigenvalue weighted by Gasteiger charge is 2.27. The van der Waals surface area contributed by atoms with Gasteiger partial charge in [0.25, 0.3) is 5.95 Å². The number of nitrogens with zero attached hydrogens (tertiary/aromatic N) is 3. The van der Waals surface area contributed by atoms with Crippen LogP contribution in [0.3, 0.4) is 0 Å². The van der Waals surface area contributed by atoms with Gasteiger partial charge in [-0.2, -0.15) is 4.98 Å². The van der Waals surface area contributed by atoms with Crippen LogP contribution in [-0.2, 0) is 4.79 Å². The van der Waals surface area contributed by atoms with Gasteiger partial charge in [-0.15, -0.1) is 5.10 Å². The SMILES string of the molecule is Cc1ccc(C2=CC(c3ccccc3Cl)n3nc(NC(=O)CC(C)C)nc3N2)cc1. The fraction of sp³-hybridized carbons (Fsp3) is 0.261. The van der Waals surface area contributed by atoms with E-state index < -0.39 is 0 Å². The Morgan fingerprint density at radius 2 is 1.93 bits per heavy atom. The number of rotatable bonds is 5. The molecule has 0 bridgehead atoms. The predicted octanol–water partition coefficient (Wildman–Crippen LogP) is 5.28. The molecule has 30 heavy (non-hydrogen) atoms. The second kappa shape index (κ2) is 8.32. The van der Waals surface area contributed by atoms with E-state index in [1.165, 1.54) is 5.56 Å². The van der Waals surface area contributed by atoms with Crippen LogP contribution in [0.2, 0.25) is 5.02 Å². The first-order valence-corrected chi connectivity index (χ1v) is 10.3. The van der Waals surface area contributed by atoms with Crippen LogP contribution in [0, 0.1) is 12.8 Å². The Labute approximate surface area is 181 Å². The maximum Gasteiger partial charge on any atom is 0.250 e. The van der Waals surface area contributed by atoms with E-state index in [2.05, 4.69) is 58.0 Å². The van der Waals surface area contributed by atoms with Crippen molar-refractivity contribution in [2.45, 2.75) is 33.2 Å². The molecule has 0 aliphatic carbocycles. The lowest BCUT2D eigenvalue weighted by Crippen LogP contribution is -2.20. The fourth-order valence-electron chi connectivity index (χ4n) is 3.43. The second-order valence-electron chi connectivity index (χ2n) is 7.89. The van der Waals surface area contributed by atoms with E-state index in [9.17, 15) is 4.79 Å². The molecule has 1 unspecified atom stereocenters. The van der Waals surface area contributed by atoms with Crippen molar-refractivity contribution in [3.8, 4) is 0 Å². The van der Waals surface area contributed by atoms with Crippen LogP contribution >= 0.6 is 11.6 Å². The van der Waals surface area contributed by atoms with Gasteiger partial charge in [0.15, 0.2) is 0 Å². The zero-order valence-electron chi connectivity index (χ0n) is 17.2. The lowest BCUT2D eigenvalue weighted by molar-refractivity contribution is -0.116. The van der Waals surface area contributed by atoms with E-state index in [0.29, 0.717) is 17.4 Å². The molecule has 2 heterocycles. The second-order valence-corrected chi connectivity index (χ2v) is 8.29. The van der Waals surface area contributed by atoms with E-state index in [1.807, 2.05) is 38.1 Å². The number of halogens is 1. The Bertz CT molecular complexity index is 1100. The smallest absolute Gasteiger partial charge is 0.250 e. The molecule has 0 spiro atoms. The van der Waals surface area contributed by atoms with Crippen LogP contribution in [-0.4, -0.2) is 20.7 Å². The summed E-state index contributed by atoms with van der Waals surface area (Å²) in [5.41, 5.74) is 4.06. The summed E-state index contributed by atoms with van der Waals surface area (Å²) in [6.07, 6.45) is 2.49.